The second kappa shape index (κ2) is 8.62. The number of unbranched alkanes of at least 4 members (excludes halogenated alkanes) is 1. The first-order valence-corrected chi connectivity index (χ1v) is 10.9. The van der Waals surface area contributed by atoms with Gasteiger partial charge in [0.1, 0.15) is 10.8 Å². The zero-order valence-electron chi connectivity index (χ0n) is 18.3. The number of carbonyl (C=O) groups excluding carboxylic acids is 1. The van der Waals surface area contributed by atoms with Gasteiger partial charge in [0.15, 0.2) is 0 Å². The first-order valence-electron chi connectivity index (χ1n) is 10.5. The summed E-state index contributed by atoms with van der Waals surface area (Å²) in [6.45, 7) is 13.9. The fourth-order valence-electron chi connectivity index (χ4n) is 4.11. The Bertz CT molecular complexity index is 1020. The summed E-state index contributed by atoms with van der Waals surface area (Å²) in [6.07, 6.45) is 4.56. The minimum absolute atomic E-state index is 0.0245. The van der Waals surface area contributed by atoms with E-state index < -0.39 is 0 Å². The van der Waals surface area contributed by atoms with Crippen LogP contribution < -0.4 is 0 Å². The number of aryl methyl sites for hydroxylation is 4. The number of nitrogens with zero attached hydrogens (tertiary/aromatic N) is 4. The predicted molar refractivity (Wildman–Crippen MR) is 120 cm³/mol. The molecular formula is C23H31ClN4O. The highest BCUT2D eigenvalue weighted by atomic mass is 35.5. The molecular weight excluding hydrogens is 384 g/mol. The molecule has 0 unspecified atom stereocenters. The lowest BCUT2D eigenvalue weighted by molar-refractivity contribution is 0.0754. The van der Waals surface area contributed by atoms with Gasteiger partial charge in [0, 0.05) is 19.3 Å². The number of aromatic nitrogens is 3. The summed E-state index contributed by atoms with van der Waals surface area (Å²) in [5, 5.41) is 0.552. The summed E-state index contributed by atoms with van der Waals surface area (Å²) in [5.74, 6) is 0.716. The van der Waals surface area contributed by atoms with E-state index in [1.54, 1.807) is 0 Å². The van der Waals surface area contributed by atoms with E-state index in [0.29, 0.717) is 29.6 Å². The Morgan fingerprint density at radius 3 is 2.34 bits per heavy atom. The van der Waals surface area contributed by atoms with Crippen LogP contribution in [0.2, 0.25) is 5.15 Å². The van der Waals surface area contributed by atoms with Crippen molar-refractivity contribution in [1.82, 2.24) is 18.9 Å². The molecule has 5 nitrogen and oxygen atoms in total. The van der Waals surface area contributed by atoms with Gasteiger partial charge in [0.2, 0.25) is 5.78 Å². The van der Waals surface area contributed by atoms with Gasteiger partial charge < -0.3 is 4.90 Å². The van der Waals surface area contributed by atoms with Crippen molar-refractivity contribution < 1.29 is 4.79 Å². The molecule has 0 radical (unpaired) electrons. The highest BCUT2D eigenvalue weighted by Crippen LogP contribution is 2.30. The number of halogens is 1. The van der Waals surface area contributed by atoms with Crippen LogP contribution in [0.5, 0.6) is 0 Å². The number of hydrogen-bond donors (Lipinski definition) is 0. The predicted octanol–water partition coefficient (Wildman–Crippen LogP) is 5.53. The van der Waals surface area contributed by atoms with Crippen LogP contribution in [0.4, 0.5) is 0 Å². The Kier molecular flexibility index (Phi) is 6.37. The molecule has 0 fully saturated rings. The normalized spacial score (nSPS) is 11.4. The average Bonchev–Trinajstić information content (AvgIpc) is 3.16. The molecule has 0 saturated carbocycles. The fraction of sp³-hybridized carbons (Fsp3) is 0.478. The molecule has 156 valence electrons. The van der Waals surface area contributed by atoms with E-state index in [0.717, 1.165) is 41.9 Å². The summed E-state index contributed by atoms with van der Waals surface area (Å²) >= 11 is 6.67. The number of carbonyl (C=O) groups is 1. The van der Waals surface area contributed by atoms with Gasteiger partial charge >= 0.3 is 0 Å². The first kappa shape index (κ1) is 21.4. The Balaban J connectivity index is 2.21. The van der Waals surface area contributed by atoms with Gasteiger partial charge in [-0.2, -0.15) is 0 Å². The molecule has 2 heterocycles. The Morgan fingerprint density at radius 2 is 1.79 bits per heavy atom. The number of imidazole rings is 2. The van der Waals surface area contributed by atoms with E-state index in [2.05, 4.69) is 39.8 Å². The molecule has 1 amide bonds. The van der Waals surface area contributed by atoms with Crippen LogP contribution in [-0.2, 0) is 6.42 Å². The second-order valence-electron chi connectivity index (χ2n) is 7.70. The van der Waals surface area contributed by atoms with Crippen LogP contribution in [0.25, 0.3) is 11.5 Å². The minimum atomic E-state index is 0.0245. The highest BCUT2D eigenvalue weighted by molar-refractivity contribution is 6.30. The maximum absolute atomic E-state index is 13.4. The monoisotopic (exact) mass is 414 g/mol. The van der Waals surface area contributed by atoms with Gasteiger partial charge in [0.25, 0.3) is 5.91 Å². The SMILES string of the molecule is CCCCN(CC)C(=O)c1c(CC)nc2n(-c3c(C)cc(C)cc3C)c(Cl)cn12. The van der Waals surface area contributed by atoms with Gasteiger partial charge in [0.05, 0.1) is 11.4 Å². The number of amides is 1. The summed E-state index contributed by atoms with van der Waals surface area (Å²) < 4.78 is 3.83. The minimum Gasteiger partial charge on any atom is -0.338 e. The molecule has 0 N–H and O–H groups in total. The average molecular weight is 415 g/mol. The largest absolute Gasteiger partial charge is 0.338 e. The number of fused-ring (bicyclic) bond motifs is 1. The lowest BCUT2D eigenvalue weighted by atomic mass is 10.1. The molecule has 6 heteroatoms. The zero-order valence-corrected chi connectivity index (χ0v) is 19.1. The lowest BCUT2D eigenvalue weighted by Gasteiger charge is -2.20. The second-order valence-corrected chi connectivity index (χ2v) is 8.09. The van der Waals surface area contributed by atoms with E-state index in [4.69, 9.17) is 16.6 Å². The fourth-order valence-corrected chi connectivity index (χ4v) is 4.37. The van der Waals surface area contributed by atoms with Crippen LogP contribution in [0.3, 0.4) is 0 Å². The Labute approximate surface area is 178 Å². The van der Waals surface area contributed by atoms with Crippen molar-refractivity contribution in [2.24, 2.45) is 0 Å². The van der Waals surface area contributed by atoms with Crippen LogP contribution in [-0.4, -0.2) is 37.8 Å². The highest BCUT2D eigenvalue weighted by Gasteiger charge is 2.26. The van der Waals surface area contributed by atoms with E-state index in [-0.39, 0.29) is 5.91 Å². The smallest absolute Gasteiger partial charge is 0.272 e. The third kappa shape index (κ3) is 3.80. The summed E-state index contributed by atoms with van der Waals surface area (Å²) in [6, 6.07) is 4.29. The van der Waals surface area contributed by atoms with Crippen LogP contribution in [0, 0.1) is 20.8 Å². The van der Waals surface area contributed by atoms with Crippen LogP contribution >= 0.6 is 11.6 Å². The molecule has 29 heavy (non-hydrogen) atoms. The number of rotatable bonds is 7. The van der Waals surface area contributed by atoms with E-state index in [1.165, 1.54) is 5.56 Å². The summed E-state index contributed by atoms with van der Waals surface area (Å²) in [4.78, 5) is 20.1. The molecule has 0 bridgehead atoms. The summed E-state index contributed by atoms with van der Waals surface area (Å²) in [5.41, 5.74) is 5.95. The lowest BCUT2D eigenvalue weighted by Crippen LogP contribution is -2.33. The van der Waals surface area contributed by atoms with Crippen molar-refractivity contribution in [3.8, 4) is 5.69 Å². The molecule has 0 atom stereocenters. The zero-order chi connectivity index (χ0) is 21.3. The van der Waals surface area contributed by atoms with E-state index in [9.17, 15) is 4.79 Å². The molecule has 0 aliphatic rings. The molecule has 1 aromatic carbocycles. The van der Waals surface area contributed by atoms with E-state index in [1.807, 2.05) is 33.9 Å². The van der Waals surface area contributed by atoms with Crippen molar-refractivity contribution >= 4 is 23.3 Å². The van der Waals surface area contributed by atoms with Crippen molar-refractivity contribution in [3.63, 3.8) is 0 Å². The molecule has 0 aliphatic heterocycles. The quantitative estimate of drug-likeness (QED) is 0.510. The molecule has 0 aliphatic carbocycles. The maximum Gasteiger partial charge on any atom is 0.272 e. The van der Waals surface area contributed by atoms with Crippen molar-refractivity contribution in [2.75, 3.05) is 13.1 Å². The third-order valence-corrected chi connectivity index (χ3v) is 5.73. The van der Waals surface area contributed by atoms with Gasteiger partial charge in [-0.15, -0.1) is 0 Å². The van der Waals surface area contributed by atoms with Crippen LogP contribution in [0.1, 0.15) is 66.5 Å². The Morgan fingerprint density at radius 1 is 1.14 bits per heavy atom. The van der Waals surface area contributed by atoms with Gasteiger partial charge in [-0.3, -0.25) is 13.8 Å². The van der Waals surface area contributed by atoms with E-state index >= 15 is 0 Å². The Hall–Kier alpha value is -2.27. The molecule has 0 spiro atoms. The van der Waals surface area contributed by atoms with Gasteiger partial charge in [-0.25, -0.2) is 4.98 Å². The molecule has 3 aromatic rings. The first-order chi connectivity index (χ1) is 13.8. The maximum atomic E-state index is 13.4. The topological polar surface area (TPSA) is 42.5 Å². The van der Waals surface area contributed by atoms with Gasteiger partial charge in [-0.1, -0.05) is 49.6 Å². The van der Waals surface area contributed by atoms with Crippen molar-refractivity contribution in [2.45, 2.75) is 60.8 Å². The molecule has 3 rings (SSSR count). The molecule has 2 aromatic heterocycles. The van der Waals surface area contributed by atoms with Gasteiger partial charge in [-0.05, 0) is 51.7 Å². The van der Waals surface area contributed by atoms with Crippen molar-refractivity contribution in [3.05, 3.63) is 51.6 Å². The number of hydrogen-bond acceptors (Lipinski definition) is 2. The standard InChI is InChI=1S/C23H31ClN4O/c1-7-10-11-26(9-3)22(29)21-18(8-2)25-23-27(21)14-19(24)28(23)20-16(5)12-15(4)13-17(20)6/h12-14H,7-11H2,1-6H3. The molecule has 0 saturated heterocycles. The van der Waals surface area contributed by atoms with Crippen molar-refractivity contribution in [1.29, 1.82) is 0 Å². The van der Waals surface area contributed by atoms with Crippen LogP contribution in [0.15, 0.2) is 18.3 Å². The summed E-state index contributed by atoms with van der Waals surface area (Å²) in [7, 11) is 0. The number of benzene rings is 1. The third-order valence-electron chi connectivity index (χ3n) is 5.46.